The predicted molar refractivity (Wildman–Crippen MR) is 226 cm³/mol. The standard InChI is InChI=1S/C46H91NO7/c1-5-7-9-11-13-15-17-19-21-23-25-27-29-31-37-52-42-45(53-39-32-30-28-26-24-22-20-18-16-14-12-10-8-6-2)43-54-46(49)34-36-47(44(3)48)35-33-38-51-41-40-50-4/h45H,5-43H2,1-4H3. The van der Waals surface area contributed by atoms with Crippen LogP contribution in [0.15, 0.2) is 0 Å². The number of hydrogen-bond acceptors (Lipinski definition) is 7. The quantitative estimate of drug-likeness (QED) is 0.0450. The molecule has 0 bridgehead atoms. The second-order valence-electron chi connectivity index (χ2n) is 15.7. The van der Waals surface area contributed by atoms with Gasteiger partial charge in [-0.1, -0.05) is 181 Å². The maximum absolute atomic E-state index is 12.7. The summed E-state index contributed by atoms with van der Waals surface area (Å²) < 4.78 is 28.4. The molecule has 0 aromatic carbocycles. The first-order chi connectivity index (χ1) is 26.5. The maximum atomic E-state index is 12.7. The highest BCUT2D eigenvalue weighted by molar-refractivity contribution is 5.75. The van der Waals surface area contributed by atoms with Crippen LogP contribution >= 0.6 is 0 Å². The summed E-state index contributed by atoms with van der Waals surface area (Å²) in [5.74, 6) is -0.361. The molecule has 0 saturated carbocycles. The molecule has 0 rings (SSSR count). The third-order valence-corrected chi connectivity index (χ3v) is 10.4. The van der Waals surface area contributed by atoms with E-state index in [0.29, 0.717) is 59.2 Å². The topological polar surface area (TPSA) is 83.5 Å². The number of ether oxygens (including phenoxy) is 5. The number of nitrogens with zero attached hydrogens (tertiary/aromatic N) is 1. The Labute approximate surface area is 335 Å². The van der Waals surface area contributed by atoms with E-state index >= 15 is 0 Å². The van der Waals surface area contributed by atoms with Crippen LogP contribution in [0.5, 0.6) is 0 Å². The number of unbranched alkanes of at least 4 members (excludes halogenated alkanes) is 26. The first kappa shape index (κ1) is 52.8. The predicted octanol–water partition coefficient (Wildman–Crippen LogP) is 12.2. The summed E-state index contributed by atoms with van der Waals surface area (Å²) in [6.45, 7) is 10.6. The molecule has 322 valence electrons. The number of esters is 1. The second-order valence-corrected chi connectivity index (χ2v) is 15.7. The van der Waals surface area contributed by atoms with Gasteiger partial charge in [-0.25, -0.2) is 0 Å². The van der Waals surface area contributed by atoms with Crippen LogP contribution in [0.3, 0.4) is 0 Å². The van der Waals surface area contributed by atoms with Crippen LogP contribution in [0.2, 0.25) is 0 Å². The van der Waals surface area contributed by atoms with Gasteiger partial charge in [0.2, 0.25) is 5.91 Å². The summed E-state index contributed by atoms with van der Waals surface area (Å²) in [5.41, 5.74) is 0. The van der Waals surface area contributed by atoms with E-state index in [2.05, 4.69) is 13.8 Å². The zero-order valence-corrected chi connectivity index (χ0v) is 36.5. The molecule has 1 amide bonds. The molecule has 8 heteroatoms. The Morgan fingerprint density at radius 1 is 0.463 bits per heavy atom. The van der Waals surface area contributed by atoms with Crippen molar-refractivity contribution in [3.8, 4) is 0 Å². The zero-order valence-electron chi connectivity index (χ0n) is 36.5. The van der Waals surface area contributed by atoms with Gasteiger partial charge in [0.25, 0.3) is 0 Å². The van der Waals surface area contributed by atoms with E-state index < -0.39 is 0 Å². The molecule has 54 heavy (non-hydrogen) atoms. The largest absolute Gasteiger partial charge is 0.463 e. The molecule has 0 aliphatic heterocycles. The van der Waals surface area contributed by atoms with Crippen molar-refractivity contribution >= 4 is 11.9 Å². The molecule has 0 aliphatic carbocycles. The summed E-state index contributed by atoms with van der Waals surface area (Å²) in [5, 5.41) is 0. The van der Waals surface area contributed by atoms with E-state index in [0.717, 1.165) is 12.8 Å². The highest BCUT2D eigenvalue weighted by Crippen LogP contribution is 2.15. The van der Waals surface area contributed by atoms with Gasteiger partial charge in [0.15, 0.2) is 0 Å². The van der Waals surface area contributed by atoms with Gasteiger partial charge in [-0.05, 0) is 19.3 Å². The van der Waals surface area contributed by atoms with Crippen LogP contribution in [0.25, 0.3) is 0 Å². The summed E-state index contributed by atoms with van der Waals surface area (Å²) >= 11 is 0. The summed E-state index contributed by atoms with van der Waals surface area (Å²) in [6.07, 6.45) is 37.9. The molecule has 0 fully saturated rings. The zero-order chi connectivity index (χ0) is 39.4. The highest BCUT2D eigenvalue weighted by Gasteiger charge is 2.16. The molecule has 1 unspecified atom stereocenters. The van der Waals surface area contributed by atoms with Crippen molar-refractivity contribution in [1.29, 1.82) is 0 Å². The molecule has 0 heterocycles. The van der Waals surface area contributed by atoms with Gasteiger partial charge in [0.1, 0.15) is 12.7 Å². The van der Waals surface area contributed by atoms with Gasteiger partial charge in [0, 0.05) is 46.9 Å². The van der Waals surface area contributed by atoms with Crippen molar-refractivity contribution < 1.29 is 33.3 Å². The minimum Gasteiger partial charge on any atom is -0.463 e. The Morgan fingerprint density at radius 2 is 0.889 bits per heavy atom. The van der Waals surface area contributed by atoms with E-state index in [1.165, 1.54) is 174 Å². The fourth-order valence-electron chi connectivity index (χ4n) is 6.82. The summed E-state index contributed by atoms with van der Waals surface area (Å²) in [6, 6.07) is 0. The number of carbonyl (C=O) groups is 2. The number of carbonyl (C=O) groups excluding carboxylic acids is 2. The van der Waals surface area contributed by atoms with Crippen LogP contribution in [0, 0.1) is 0 Å². The Bertz CT molecular complexity index is 767. The average molecular weight is 770 g/mol. The molecule has 0 N–H and O–H groups in total. The summed E-state index contributed by atoms with van der Waals surface area (Å²) in [4.78, 5) is 26.5. The lowest BCUT2D eigenvalue weighted by Crippen LogP contribution is -2.33. The van der Waals surface area contributed by atoms with Crippen molar-refractivity contribution in [3.63, 3.8) is 0 Å². The summed E-state index contributed by atoms with van der Waals surface area (Å²) in [7, 11) is 1.64. The molecule has 8 nitrogen and oxygen atoms in total. The molecule has 0 saturated heterocycles. The Hall–Kier alpha value is -1.22. The fraction of sp³-hybridized carbons (Fsp3) is 0.957. The van der Waals surface area contributed by atoms with Gasteiger partial charge < -0.3 is 28.6 Å². The molecular formula is C46H91NO7. The Kier molecular flexibility index (Phi) is 43.5. The van der Waals surface area contributed by atoms with Crippen LogP contribution in [0.4, 0.5) is 0 Å². The number of rotatable bonds is 45. The Morgan fingerprint density at radius 3 is 1.33 bits per heavy atom. The van der Waals surface area contributed by atoms with Gasteiger partial charge in [-0.2, -0.15) is 0 Å². The molecule has 0 aliphatic rings. The number of methoxy groups -OCH3 is 1. The van der Waals surface area contributed by atoms with Crippen molar-refractivity contribution in [3.05, 3.63) is 0 Å². The minimum atomic E-state index is -0.310. The third-order valence-electron chi connectivity index (χ3n) is 10.4. The van der Waals surface area contributed by atoms with Crippen molar-refractivity contribution in [1.82, 2.24) is 4.90 Å². The SMILES string of the molecule is CCCCCCCCCCCCCCCCOCC(COC(=O)CCN(CCCOCCOC)C(C)=O)OCCCCCCCCCCCCCCCC. The lowest BCUT2D eigenvalue weighted by molar-refractivity contribution is -0.150. The fourth-order valence-corrected chi connectivity index (χ4v) is 6.82. The lowest BCUT2D eigenvalue weighted by atomic mass is 10.0. The lowest BCUT2D eigenvalue weighted by Gasteiger charge is -2.21. The van der Waals surface area contributed by atoms with E-state index in [-0.39, 0.29) is 31.0 Å². The normalized spacial score (nSPS) is 12.0. The monoisotopic (exact) mass is 770 g/mol. The van der Waals surface area contributed by atoms with Crippen molar-refractivity contribution in [2.75, 3.05) is 66.4 Å². The second kappa shape index (κ2) is 44.5. The highest BCUT2D eigenvalue weighted by atomic mass is 16.6. The minimum absolute atomic E-state index is 0.0500. The maximum Gasteiger partial charge on any atom is 0.307 e. The molecule has 0 spiro atoms. The third kappa shape index (κ3) is 40.4. The smallest absolute Gasteiger partial charge is 0.307 e. The van der Waals surface area contributed by atoms with Crippen molar-refractivity contribution in [2.45, 2.75) is 219 Å². The Balaban J connectivity index is 4.29. The molecule has 1 atom stereocenters. The molecule has 0 aromatic heterocycles. The number of amides is 1. The van der Waals surface area contributed by atoms with Crippen LogP contribution in [-0.4, -0.2) is 89.3 Å². The molecule has 0 radical (unpaired) electrons. The van der Waals surface area contributed by atoms with Gasteiger partial charge in [-0.3, -0.25) is 9.59 Å². The van der Waals surface area contributed by atoms with Crippen LogP contribution in [0.1, 0.15) is 213 Å². The first-order valence-corrected chi connectivity index (χ1v) is 23.2. The van der Waals surface area contributed by atoms with Crippen molar-refractivity contribution in [2.24, 2.45) is 0 Å². The van der Waals surface area contributed by atoms with E-state index in [1.807, 2.05) is 0 Å². The van der Waals surface area contributed by atoms with E-state index in [4.69, 9.17) is 23.7 Å². The van der Waals surface area contributed by atoms with Crippen LogP contribution in [-0.2, 0) is 33.3 Å². The van der Waals surface area contributed by atoms with E-state index in [1.54, 1.807) is 12.0 Å². The molecule has 0 aromatic rings. The average Bonchev–Trinajstić information content (AvgIpc) is 3.17. The van der Waals surface area contributed by atoms with Crippen LogP contribution < -0.4 is 0 Å². The van der Waals surface area contributed by atoms with Gasteiger partial charge in [-0.15, -0.1) is 0 Å². The first-order valence-electron chi connectivity index (χ1n) is 23.2. The van der Waals surface area contributed by atoms with Gasteiger partial charge in [0.05, 0.1) is 26.2 Å². The molecular weight excluding hydrogens is 679 g/mol. The van der Waals surface area contributed by atoms with Gasteiger partial charge >= 0.3 is 5.97 Å². The number of hydrogen-bond donors (Lipinski definition) is 0. The van der Waals surface area contributed by atoms with E-state index in [9.17, 15) is 9.59 Å².